The van der Waals surface area contributed by atoms with E-state index in [9.17, 15) is 9.59 Å². The van der Waals surface area contributed by atoms with E-state index in [2.05, 4.69) is 17.0 Å². The first-order chi connectivity index (χ1) is 9.60. The Balaban J connectivity index is 2.02. The molecule has 1 aliphatic rings. The van der Waals surface area contributed by atoms with Crippen molar-refractivity contribution >= 4 is 17.7 Å². The van der Waals surface area contributed by atoms with Crippen molar-refractivity contribution in [3.8, 4) is 0 Å². The first kappa shape index (κ1) is 14.4. The van der Waals surface area contributed by atoms with E-state index in [0.29, 0.717) is 17.2 Å². The van der Waals surface area contributed by atoms with Gasteiger partial charge in [0, 0.05) is 18.8 Å². The number of nitrogens with one attached hydrogen (secondary N) is 1. The first-order valence-electron chi connectivity index (χ1n) is 6.84. The molecule has 0 bridgehead atoms. The van der Waals surface area contributed by atoms with E-state index in [4.69, 9.17) is 0 Å². The van der Waals surface area contributed by atoms with Crippen LogP contribution in [-0.2, 0) is 4.74 Å². The maximum Gasteiger partial charge on any atom is 0.337 e. The van der Waals surface area contributed by atoms with E-state index < -0.39 is 5.97 Å². The summed E-state index contributed by atoms with van der Waals surface area (Å²) in [6, 6.07) is 6.65. The van der Waals surface area contributed by atoms with Gasteiger partial charge < -0.3 is 15.0 Å². The fourth-order valence-corrected chi connectivity index (χ4v) is 2.42. The third kappa shape index (κ3) is 3.50. The first-order valence-corrected chi connectivity index (χ1v) is 6.84. The highest BCUT2D eigenvalue weighted by molar-refractivity contribution is 5.93. The number of carbonyl (C=O) groups excluding carboxylic acids is 2. The molecule has 1 unspecified atom stereocenters. The number of esters is 1. The van der Waals surface area contributed by atoms with Crippen molar-refractivity contribution in [2.45, 2.75) is 19.8 Å². The van der Waals surface area contributed by atoms with E-state index in [-0.39, 0.29) is 6.03 Å². The Kier molecular flexibility index (Phi) is 4.61. The van der Waals surface area contributed by atoms with Gasteiger partial charge in [-0.3, -0.25) is 0 Å². The lowest BCUT2D eigenvalue weighted by molar-refractivity contribution is 0.0600. The highest BCUT2D eigenvalue weighted by atomic mass is 16.5. The van der Waals surface area contributed by atoms with Crippen molar-refractivity contribution in [3.63, 3.8) is 0 Å². The molecule has 1 fully saturated rings. The topological polar surface area (TPSA) is 58.6 Å². The van der Waals surface area contributed by atoms with Crippen molar-refractivity contribution < 1.29 is 14.3 Å². The zero-order valence-corrected chi connectivity index (χ0v) is 11.9. The molecule has 1 aromatic carbocycles. The van der Waals surface area contributed by atoms with E-state index in [1.807, 2.05) is 4.90 Å². The smallest absolute Gasteiger partial charge is 0.337 e. The second kappa shape index (κ2) is 6.41. The molecule has 2 amide bonds. The van der Waals surface area contributed by atoms with Crippen molar-refractivity contribution in [1.29, 1.82) is 0 Å². The molecule has 108 valence electrons. The van der Waals surface area contributed by atoms with Gasteiger partial charge in [0.1, 0.15) is 0 Å². The molecule has 5 heteroatoms. The lowest BCUT2D eigenvalue weighted by Crippen LogP contribution is -2.41. The SMILES string of the molecule is COC(=O)c1cccc(NC(=O)N2CCCC(C)C2)c1. The summed E-state index contributed by atoms with van der Waals surface area (Å²) >= 11 is 0. The summed E-state index contributed by atoms with van der Waals surface area (Å²) in [6.45, 7) is 3.71. The van der Waals surface area contributed by atoms with Gasteiger partial charge >= 0.3 is 12.0 Å². The summed E-state index contributed by atoms with van der Waals surface area (Å²) in [5, 5.41) is 2.83. The van der Waals surface area contributed by atoms with E-state index >= 15 is 0 Å². The zero-order chi connectivity index (χ0) is 14.5. The van der Waals surface area contributed by atoms with Gasteiger partial charge in [0.2, 0.25) is 0 Å². The number of urea groups is 1. The van der Waals surface area contributed by atoms with Gasteiger partial charge in [0.05, 0.1) is 12.7 Å². The molecular formula is C15H20N2O3. The van der Waals surface area contributed by atoms with Crippen molar-refractivity contribution in [1.82, 2.24) is 4.90 Å². The summed E-state index contributed by atoms with van der Waals surface area (Å²) in [7, 11) is 1.34. The highest BCUT2D eigenvalue weighted by Gasteiger charge is 2.21. The number of benzene rings is 1. The molecule has 0 spiro atoms. The van der Waals surface area contributed by atoms with Crippen LogP contribution in [0.15, 0.2) is 24.3 Å². The molecule has 1 atom stereocenters. The molecule has 1 aromatic rings. The molecule has 5 nitrogen and oxygen atoms in total. The van der Waals surface area contributed by atoms with Crippen LogP contribution >= 0.6 is 0 Å². The average molecular weight is 276 g/mol. The molecule has 1 heterocycles. The lowest BCUT2D eigenvalue weighted by atomic mass is 10.0. The molecular weight excluding hydrogens is 256 g/mol. The predicted molar refractivity (Wildman–Crippen MR) is 76.8 cm³/mol. The monoisotopic (exact) mass is 276 g/mol. The Morgan fingerprint density at radius 2 is 2.20 bits per heavy atom. The minimum absolute atomic E-state index is 0.112. The molecule has 1 saturated heterocycles. The summed E-state index contributed by atoms with van der Waals surface area (Å²) in [4.78, 5) is 25.4. The second-order valence-electron chi connectivity index (χ2n) is 5.20. The van der Waals surface area contributed by atoms with Crippen LogP contribution in [0.2, 0.25) is 0 Å². The van der Waals surface area contributed by atoms with E-state index in [1.165, 1.54) is 13.5 Å². The fourth-order valence-electron chi connectivity index (χ4n) is 2.42. The number of methoxy groups -OCH3 is 1. The Morgan fingerprint density at radius 3 is 2.90 bits per heavy atom. The largest absolute Gasteiger partial charge is 0.465 e. The van der Waals surface area contributed by atoms with Crippen molar-refractivity contribution in [3.05, 3.63) is 29.8 Å². The standard InChI is InChI=1S/C15H20N2O3/c1-11-5-4-8-17(10-11)15(19)16-13-7-3-6-12(9-13)14(18)20-2/h3,6-7,9,11H,4-5,8,10H2,1-2H3,(H,16,19). The number of hydrogen-bond donors (Lipinski definition) is 1. The number of anilines is 1. The Morgan fingerprint density at radius 1 is 1.40 bits per heavy atom. The number of likely N-dealkylation sites (tertiary alicyclic amines) is 1. The summed E-state index contributed by atoms with van der Waals surface area (Å²) < 4.78 is 4.66. The minimum atomic E-state index is -0.410. The number of carbonyl (C=O) groups is 2. The molecule has 1 N–H and O–H groups in total. The highest BCUT2D eigenvalue weighted by Crippen LogP contribution is 2.17. The van der Waals surface area contributed by atoms with Crippen LogP contribution in [0.25, 0.3) is 0 Å². The van der Waals surface area contributed by atoms with Gasteiger partial charge in [-0.1, -0.05) is 13.0 Å². The zero-order valence-electron chi connectivity index (χ0n) is 11.9. The maximum atomic E-state index is 12.2. The number of rotatable bonds is 2. The predicted octanol–water partition coefficient (Wildman–Crippen LogP) is 2.74. The molecule has 1 aliphatic heterocycles. The van der Waals surface area contributed by atoms with Gasteiger partial charge in [0.15, 0.2) is 0 Å². The van der Waals surface area contributed by atoms with E-state index in [1.54, 1.807) is 24.3 Å². The second-order valence-corrected chi connectivity index (χ2v) is 5.20. The van der Waals surface area contributed by atoms with Crippen molar-refractivity contribution in [2.75, 3.05) is 25.5 Å². The Bertz CT molecular complexity index is 502. The molecule has 0 aromatic heterocycles. The van der Waals surface area contributed by atoms with Crippen LogP contribution in [0.3, 0.4) is 0 Å². The quantitative estimate of drug-likeness (QED) is 0.845. The van der Waals surface area contributed by atoms with Crippen LogP contribution in [0.5, 0.6) is 0 Å². The van der Waals surface area contributed by atoms with Gasteiger partial charge in [-0.15, -0.1) is 0 Å². The number of amides is 2. The summed E-state index contributed by atoms with van der Waals surface area (Å²) in [6.07, 6.45) is 2.21. The molecule has 2 rings (SSSR count). The minimum Gasteiger partial charge on any atom is -0.465 e. The van der Waals surface area contributed by atoms with Crippen LogP contribution < -0.4 is 5.32 Å². The summed E-state index contributed by atoms with van der Waals surface area (Å²) in [5.74, 6) is 0.128. The third-order valence-electron chi connectivity index (χ3n) is 3.48. The normalized spacial score (nSPS) is 18.5. The lowest BCUT2D eigenvalue weighted by Gasteiger charge is -2.30. The molecule has 0 saturated carbocycles. The van der Waals surface area contributed by atoms with Crippen LogP contribution in [0.4, 0.5) is 10.5 Å². The Hall–Kier alpha value is -2.04. The molecule has 0 aliphatic carbocycles. The third-order valence-corrected chi connectivity index (χ3v) is 3.48. The molecule has 20 heavy (non-hydrogen) atoms. The van der Waals surface area contributed by atoms with Crippen LogP contribution in [0.1, 0.15) is 30.1 Å². The molecule has 0 radical (unpaired) electrons. The van der Waals surface area contributed by atoms with Crippen molar-refractivity contribution in [2.24, 2.45) is 5.92 Å². The number of nitrogens with zero attached hydrogens (tertiary/aromatic N) is 1. The average Bonchev–Trinajstić information content (AvgIpc) is 2.46. The van der Waals surface area contributed by atoms with Gasteiger partial charge in [0.25, 0.3) is 0 Å². The van der Waals surface area contributed by atoms with Gasteiger partial charge in [-0.2, -0.15) is 0 Å². The fraction of sp³-hybridized carbons (Fsp3) is 0.467. The van der Waals surface area contributed by atoms with Crippen LogP contribution in [-0.4, -0.2) is 37.1 Å². The van der Waals surface area contributed by atoms with E-state index in [0.717, 1.165) is 19.5 Å². The number of piperidine rings is 1. The summed E-state index contributed by atoms with van der Waals surface area (Å²) in [5.41, 5.74) is 1.04. The number of ether oxygens (including phenoxy) is 1. The van der Waals surface area contributed by atoms with Crippen LogP contribution in [0, 0.1) is 5.92 Å². The van der Waals surface area contributed by atoms with Gasteiger partial charge in [-0.05, 0) is 37.0 Å². The maximum absolute atomic E-state index is 12.2. The number of hydrogen-bond acceptors (Lipinski definition) is 3. The Labute approximate surface area is 118 Å². The van der Waals surface area contributed by atoms with Gasteiger partial charge in [-0.25, -0.2) is 9.59 Å².